The monoisotopic (exact) mass is 505 g/mol. The number of amides is 1. The second-order valence-corrected chi connectivity index (χ2v) is 12.1. The molecule has 2 aromatic rings. The number of hydrogen-bond donors (Lipinski definition) is 0. The molecule has 0 aliphatic carbocycles. The molecule has 8 nitrogen and oxygen atoms in total. The molecule has 0 bridgehead atoms. The second kappa shape index (κ2) is 11.2. The fourth-order valence-corrected chi connectivity index (χ4v) is 7.00. The van der Waals surface area contributed by atoms with Gasteiger partial charge in [0.25, 0.3) is 0 Å². The fraction of sp³-hybridized carbons (Fsp3) is 0.625. The average molecular weight is 506 g/mol. The van der Waals surface area contributed by atoms with E-state index in [4.69, 9.17) is 0 Å². The Hall–Kier alpha value is -1.91. The average Bonchev–Trinajstić information content (AvgIpc) is 3.05. The minimum absolute atomic E-state index is 0.146. The predicted octanol–water partition coefficient (Wildman–Crippen LogP) is 3.88. The Morgan fingerprint density at radius 3 is 2.26 bits per heavy atom. The lowest BCUT2D eigenvalue weighted by Gasteiger charge is -2.30. The van der Waals surface area contributed by atoms with Crippen LogP contribution in [0.15, 0.2) is 34.3 Å². The molecule has 0 N–H and O–H groups in total. The van der Waals surface area contributed by atoms with Gasteiger partial charge in [-0.15, -0.1) is 10.2 Å². The van der Waals surface area contributed by atoms with Crippen LogP contribution in [0.25, 0.3) is 11.4 Å². The highest BCUT2D eigenvalue weighted by Gasteiger charge is 2.26. The van der Waals surface area contributed by atoms with E-state index >= 15 is 0 Å². The van der Waals surface area contributed by atoms with E-state index in [1.54, 1.807) is 28.6 Å². The van der Waals surface area contributed by atoms with Gasteiger partial charge >= 0.3 is 0 Å². The lowest BCUT2D eigenvalue weighted by molar-refractivity contribution is -0.129. The van der Waals surface area contributed by atoms with E-state index in [0.717, 1.165) is 57.2 Å². The summed E-state index contributed by atoms with van der Waals surface area (Å²) in [4.78, 5) is 14.9. The molecule has 0 radical (unpaired) electrons. The largest absolute Gasteiger partial charge is 0.342 e. The van der Waals surface area contributed by atoms with Crippen LogP contribution in [0.4, 0.5) is 0 Å². The third kappa shape index (κ3) is 5.66. The number of thioether (sulfide) groups is 1. The zero-order chi connectivity index (χ0) is 24.1. The van der Waals surface area contributed by atoms with Crippen molar-refractivity contribution in [3.05, 3.63) is 24.3 Å². The van der Waals surface area contributed by atoms with Crippen LogP contribution in [0, 0.1) is 5.92 Å². The zero-order valence-corrected chi connectivity index (χ0v) is 21.8. The van der Waals surface area contributed by atoms with Crippen LogP contribution in [0.2, 0.25) is 0 Å². The molecule has 1 aromatic carbocycles. The van der Waals surface area contributed by atoms with Crippen molar-refractivity contribution in [1.29, 1.82) is 0 Å². The summed E-state index contributed by atoms with van der Waals surface area (Å²) in [5, 5.41) is 9.39. The summed E-state index contributed by atoms with van der Waals surface area (Å²) in [7, 11) is -3.48. The molecule has 2 aliphatic heterocycles. The number of hydrogen-bond acceptors (Lipinski definition) is 6. The van der Waals surface area contributed by atoms with Gasteiger partial charge in [-0.05, 0) is 62.8 Å². The molecule has 0 spiro atoms. The standard InChI is InChI=1S/C24H35N5O3S2/c1-3-29-23(25-26-24(29)33-18-22(30)27-16-12-19(2)13-17-27)20-8-10-21(11-9-20)34(31,32)28-14-6-4-5-7-15-28/h8-11,19H,3-7,12-18H2,1-2H3. The van der Waals surface area contributed by atoms with Gasteiger partial charge in [0.15, 0.2) is 11.0 Å². The van der Waals surface area contributed by atoms with Crippen molar-refractivity contribution in [2.24, 2.45) is 5.92 Å². The molecule has 2 aliphatic rings. The Kier molecular flexibility index (Phi) is 8.31. The molecule has 3 heterocycles. The summed E-state index contributed by atoms with van der Waals surface area (Å²) in [6, 6.07) is 6.93. The molecule has 186 valence electrons. The van der Waals surface area contributed by atoms with Crippen molar-refractivity contribution in [2.45, 2.75) is 69.0 Å². The SMILES string of the molecule is CCn1c(SCC(=O)N2CCC(C)CC2)nnc1-c1ccc(S(=O)(=O)N2CCCCCC2)cc1. The van der Waals surface area contributed by atoms with Gasteiger partial charge in [0, 0.05) is 38.3 Å². The maximum Gasteiger partial charge on any atom is 0.243 e. The van der Waals surface area contributed by atoms with Gasteiger partial charge in [-0.25, -0.2) is 8.42 Å². The lowest BCUT2D eigenvalue weighted by Crippen LogP contribution is -2.38. The van der Waals surface area contributed by atoms with E-state index in [1.165, 1.54) is 11.8 Å². The first-order chi connectivity index (χ1) is 16.4. The van der Waals surface area contributed by atoms with Crippen LogP contribution in [-0.2, 0) is 21.4 Å². The van der Waals surface area contributed by atoms with Gasteiger partial charge in [-0.3, -0.25) is 4.79 Å². The normalized spacial score (nSPS) is 18.7. The maximum atomic E-state index is 13.1. The lowest BCUT2D eigenvalue weighted by atomic mass is 9.99. The second-order valence-electron chi connectivity index (χ2n) is 9.25. The van der Waals surface area contributed by atoms with E-state index in [2.05, 4.69) is 17.1 Å². The van der Waals surface area contributed by atoms with E-state index < -0.39 is 10.0 Å². The van der Waals surface area contributed by atoms with Crippen molar-refractivity contribution in [1.82, 2.24) is 24.0 Å². The van der Waals surface area contributed by atoms with Crippen molar-refractivity contribution in [2.75, 3.05) is 31.9 Å². The molecule has 34 heavy (non-hydrogen) atoms. The topological polar surface area (TPSA) is 88.4 Å². The highest BCUT2D eigenvalue weighted by molar-refractivity contribution is 7.99. The molecule has 10 heteroatoms. The van der Waals surface area contributed by atoms with Gasteiger partial charge in [0.05, 0.1) is 10.6 Å². The van der Waals surface area contributed by atoms with Gasteiger partial charge < -0.3 is 9.47 Å². The van der Waals surface area contributed by atoms with Crippen LogP contribution in [0.3, 0.4) is 0 Å². The van der Waals surface area contributed by atoms with Crippen LogP contribution in [-0.4, -0.2) is 70.2 Å². The zero-order valence-electron chi connectivity index (χ0n) is 20.1. The van der Waals surface area contributed by atoms with Crippen LogP contribution >= 0.6 is 11.8 Å². The van der Waals surface area contributed by atoms with Gasteiger partial charge in [-0.1, -0.05) is 31.5 Å². The number of sulfonamides is 1. The number of benzene rings is 1. The fourth-order valence-electron chi connectivity index (χ4n) is 4.58. The summed E-state index contributed by atoms with van der Waals surface area (Å²) in [6.45, 7) is 7.75. The van der Waals surface area contributed by atoms with E-state index in [9.17, 15) is 13.2 Å². The van der Waals surface area contributed by atoms with Crippen molar-refractivity contribution in [3.63, 3.8) is 0 Å². The first-order valence-corrected chi connectivity index (χ1v) is 14.8. The van der Waals surface area contributed by atoms with Crippen LogP contribution in [0.1, 0.15) is 52.4 Å². The third-order valence-electron chi connectivity index (χ3n) is 6.81. The van der Waals surface area contributed by atoms with Gasteiger partial charge in [-0.2, -0.15) is 4.31 Å². The third-order valence-corrected chi connectivity index (χ3v) is 9.67. The number of nitrogens with zero attached hydrogens (tertiary/aromatic N) is 5. The highest BCUT2D eigenvalue weighted by atomic mass is 32.2. The molecular weight excluding hydrogens is 470 g/mol. The minimum Gasteiger partial charge on any atom is -0.342 e. The van der Waals surface area contributed by atoms with Crippen LogP contribution < -0.4 is 0 Å². The molecular formula is C24H35N5O3S2. The highest BCUT2D eigenvalue weighted by Crippen LogP contribution is 2.27. The Bertz CT molecular complexity index is 1070. The molecule has 4 rings (SSSR count). The maximum absolute atomic E-state index is 13.1. The summed E-state index contributed by atoms with van der Waals surface area (Å²) in [6.07, 6.45) is 6.12. The van der Waals surface area contributed by atoms with E-state index in [0.29, 0.717) is 47.2 Å². The Balaban J connectivity index is 1.44. The summed E-state index contributed by atoms with van der Waals surface area (Å²) in [5.74, 6) is 1.86. The molecule has 1 amide bonds. The number of aromatic nitrogens is 3. The molecule has 1 aromatic heterocycles. The Labute approximate surface area is 207 Å². The number of rotatable bonds is 7. The number of carbonyl (C=O) groups is 1. The molecule has 0 unspecified atom stereocenters. The molecule has 2 saturated heterocycles. The van der Waals surface area contributed by atoms with Gasteiger partial charge in [0.2, 0.25) is 15.9 Å². The van der Waals surface area contributed by atoms with Crippen molar-refractivity contribution in [3.8, 4) is 11.4 Å². The van der Waals surface area contributed by atoms with Crippen molar-refractivity contribution >= 4 is 27.7 Å². The minimum atomic E-state index is -3.48. The Morgan fingerprint density at radius 2 is 1.65 bits per heavy atom. The number of carbonyl (C=O) groups excluding carboxylic acids is 1. The number of piperidine rings is 1. The van der Waals surface area contributed by atoms with Crippen LogP contribution in [0.5, 0.6) is 0 Å². The molecule has 0 saturated carbocycles. The summed E-state index contributed by atoms with van der Waals surface area (Å²) < 4.78 is 29.7. The smallest absolute Gasteiger partial charge is 0.243 e. The van der Waals surface area contributed by atoms with Crippen molar-refractivity contribution < 1.29 is 13.2 Å². The summed E-state index contributed by atoms with van der Waals surface area (Å²) >= 11 is 1.41. The first kappa shape index (κ1) is 25.2. The van der Waals surface area contributed by atoms with E-state index in [1.807, 2.05) is 16.4 Å². The number of likely N-dealkylation sites (tertiary alicyclic amines) is 1. The Morgan fingerprint density at radius 1 is 1.00 bits per heavy atom. The predicted molar refractivity (Wildman–Crippen MR) is 134 cm³/mol. The molecule has 2 fully saturated rings. The van der Waals surface area contributed by atoms with Gasteiger partial charge in [0.1, 0.15) is 0 Å². The first-order valence-electron chi connectivity index (χ1n) is 12.3. The molecule has 0 atom stereocenters. The quantitative estimate of drug-likeness (QED) is 0.531. The van der Waals surface area contributed by atoms with E-state index in [-0.39, 0.29) is 5.91 Å². The summed E-state index contributed by atoms with van der Waals surface area (Å²) in [5.41, 5.74) is 0.812.